The van der Waals surface area contributed by atoms with Crippen molar-refractivity contribution in [3.8, 4) is 0 Å². The molecule has 3 aliphatic rings. The van der Waals surface area contributed by atoms with Crippen LogP contribution in [-0.2, 0) is 16.1 Å². The van der Waals surface area contributed by atoms with Gasteiger partial charge >= 0.3 is 6.09 Å². The van der Waals surface area contributed by atoms with Gasteiger partial charge in [-0.3, -0.25) is 14.6 Å². The van der Waals surface area contributed by atoms with Crippen LogP contribution < -0.4 is 10.2 Å². The number of amides is 2. The zero-order chi connectivity index (χ0) is 22.4. The Labute approximate surface area is 187 Å². The molecule has 168 valence electrons. The van der Waals surface area contributed by atoms with E-state index in [1.165, 1.54) is 29.0 Å². The minimum Gasteiger partial charge on any atom is -0.442 e. The maximum atomic E-state index is 15.0. The van der Waals surface area contributed by atoms with Crippen molar-refractivity contribution in [2.45, 2.75) is 32.4 Å². The van der Waals surface area contributed by atoms with Gasteiger partial charge in [0.2, 0.25) is 5.91 Å². The smallest absolute Gasteiger partial charge is 0.414 e. The molecule has 2 heterocycles. The van der Waals surface area contributed by atoms with Crippen molar-refractivity contribution in [2.75, 3.05) is 31.1 Å². The van der Waals surface area contributed by atoms with Crippen LogP contribution in [0.3, 0.4) is 0 Å². The number of fused-ring (bicyclic) bond motifs is 1. The molecule has 2 aliphatic heterocycles. The number of carbonyl (C=O) groups is 2. The van der Waals surface area contributed by atoms with Crippen LogP contribution in [0.2, 0.25) is 0 Å². The molecular formula is C25H28FN3O3. The molecule has 2 amide bonds. The van der Waals surface area contributed by atoms with Gasteiger partial charge in [-0.1, -0.05) is 35.9 Å². The lowest BCUT2D eigenvalue weighted by molar-refractivity contribution is -0.119. The van der Waals surface area contributed by atoms with E-state index in [-0.39, 0.29) is 24.2 Å². The number of carbonyl (C=O) groups excluding carboxylic acids is 2. The molecule has 6 nitrogen and oxygen atoms in total. The molecule has 0 radical (unpaired) electrons. The lowest BCUT2D eigenvalue weighted by Crippen LogP contribution is -2.33. The Morgan fingerprint density at radius 2 is 1.84 bits per heavy atom. The molecule has 1 aliphatic carbocycles. The average Bonchev–Trinajstić information content (AvgIpc) is 3.07. The largest absolute Gasteiger partial charge is 0.442 e. The van der Waals surface area contributed by atoms with Crippen LogP contribution in [0.25, 0.3) is 0 Å². The zero-order valence-corrected chi connectivity index (χ0v) is 18.4. The van der Waals surface area contributed by atoms with Crippen molar-refractivity contribution in [1.82, 2.24) is 10.2 Å². The minimum atomic E-state index is -0.512. The van der Waals surface area contributed by atoms with E-state index in [9.17, 15) is 9.59 Å². The Morgan fingerprint density at radius 3 is 2.50 bits per heavy atom. The number of piperidine rings is 1. The van der Waals surface area contributed by atoms with Crippen molar-refractivity contribution in [1.29, 1.82) is 0 Å². The Hall–Kier alpha value is -2.93. The Bertz CT molecular complexity index is 1030. The van der Waals surface area contributed by atoms with Gasteiger partial charge < -0.3 is 10.1 Å². The second-order valence-corrected chi connectivity index (χ2v) is 9.29. The van der Waals surface area contributed by atoms with Crippen molar-refractivity contribution in [2.24, 2.45) is 11.8 Å². The summed E-state index contributed by atoms with van der Waals surface area (Å²) >= 11 is 0. The number of hydrogen-bond donors (Lipinski definition) is 1. The Balaban J connectivity index is 1.19. The third kappa shape index (κ3) is 4.09. The third-order valence-electron chi connectivity index (χ3n) is 6.90. The molecule has 1 saturated carbocycles. The first-order valence-corrected chi connectivity index (χ1v) is 11.2. The van der Waals surface area contributed by atoms with E-state index in [0.717, 1.165) is 25.2 Å². The number of benzene rings is 2. The molecule has 2 aromatic rings. The first-order valence-electron chi connectivity index (χ1n) is 11.2. The quantitative estimate of drug-likeness (QED) is 0.752. The van der Waals surface area contributed by atoms with Crippen LogP contribution in [0.5, 0.6) is 0 Å². The molecule has 1 unspecified atom stereocenters. The summed E-state index contributed by atoms with van der Waals surface area (Å²) in [5.74, 6) is 0.822. The van der Waals surface area contributed by atoms with Crippen LogP contribution in [-0.4, -0.2) is 49.2 Å². The molecule has 1 N–H and O–H groups in total. The van der Waals surface area contributed by atoms with Crippen molar-refractivity contribution in [3.63, 3.8) is 0 Å². The SMILES string of the molecule is CC(=O)NC[C@H]1CN(c2ccc(C3[C@H]4CN(Cc5ccc(C)cc5)C[C@@H]34)c(F)c2)C(=O)O1. The van der Waals surface area contributed by atoms with Crippen molar-refractivity contribution < 1.29 is 18.7 Å². The highest BCUT2D eigenvalue weighted by Gasteiger charge is 2.56. The monoisotopic (exact) mass is 437 g/mol. The van der Waals surface area contributed by atoms with Crippen LogP contribution in [0.1, 0.15) is 29.5 Å². The summed E-state index contributed by atoms with van der Waals surface area (Å²) in [6, 6.07) is 13.7. The highest BCUT2D eigenvalue weighted by Crippen LogP contribution is 2.59. The number of anilines is 1. The molecular weight excluding hydrogens is 409 g/mol. The number of halogens is 1. The van der Waals surface area contributed by atoms with Gasteiger partial charge in [0.25, 0.3) is 0 Å². The van der Waals surface area contributed by atoms with E-state index in [1.807, 2.05) is 6.07 Å². The normalized spacial score (nSPS) is 26.7. The standard InChI is InChI=1S/C25H28FN3O3/c1-15-3-5-17(6-4-15)11-28-13-21-22(14-28)24(21)20-8-7-18(9-23(20)26)29-12-19(32-25(29)31)10-27-16(2)30/h3-9,19,21-22,24H,10-14H2,1-2H3,(H,27,30)/t19-,21-,22+,24?/m0/s1. The van der Waals surface area contributed by atoms with Crippen LogP contribution in [0, 0.1) is 24.6 Å². The van der Waals surface area contributed by atoms with Gasteiger partial charge in [0.05, 0.1) is 18.8 Å². The van der Waals surface area contributed by atoms with E-state index in [0.29, 0.717) is 24.1 Å². The van der Waals surface area contributed by atoms with Gasteiger partial charge in [0, 0.05) is 26.6 Å². The van der Waals surface area contributed by atoms with E-state index >= 15 is 4.39 Å². The van der Waals surface area contributed by atoms with Gasteiger partial charge in [0.15, 0.2) is 0 Å². The van der Waals surface area contributed by atoms with Crippen LogP contribution >= 0.6 is 0 Å². The fourth-order valence-electron chi connectivity index (χ4n) is 5.21. The number of likely N-dealkylation sites (tertiary alicyclic amines) is 1. The fraction of sp³-hybridized carbons (Fsp3) is 0.440. The summed E-state index contributed by atoms with van der Waals surface area (Å²) in [6.07, 6.45) is -0.945. The molecule has 2 saturated heterocycles. The number of hydrogen-bond acceptors (Lipinski definition) is 4. The number of aryl methyl sites for hydroxylation is 1. The lowest BCUT2D eigenvalue weighted by Gasteiger charge is -2.20. The molecule has 0 aromatic heterocycles. The molecule has 7 heteroatoms. The third-order valence-corrected chi connectivity index (χ3v) is 6.90. The zero-order valence-electron chi connectivity index (χ0n) is 18.4. The maximum Gasteiger partial charge on any atom is 0.414 e. The van der Waals surface area contributed by atoms with E-state index in [4.69, 9.17) is 4.74 Å². The van der Waals surface area contributed by atoms with Gasteiger partial charge in [-0.25, -0.2) is 9.18 Å². The number of nitrogens with zero attached hydrogens (tertiary/aromatic N) is 2. The number of rotatable bonds is 6. The summed E-state index contributed by atoms with van der Waals surface area (Å²) in [5, 5.41) is 2.65. The summed E-state index contributed by atoms with van der Waals surface area (Å²) in [5.41, 5.74) is 3.83. The second kappa shape index (κ2) is 8.20. The molecule has 2 aromatic carbocycles. The summed E-state index contributed by atoms with van der Waals surface area (Å²) < 4.78 is 20.3. The van der Waals surface area contributed by atoms with E-state index in [1.54, 1.807) is 6.07 Å². The van der Waals surface area contributed by atoms with Gasteiger partial charge in [-0.15, -0.1) is 0 Å². The topological polar surface area (TPSA) is 61.9 Å². The first-order chi connectivity index (χ1) is 15.4. The summed E-state index contributed by atoms with van der Waals surface area (Å²) in [7, 11) is 0. The molecule has 5 rings (SSSR count). The van der Waals surface area contributed by atoms with E-state index < -0.39 is 12.2 Å². The first kappa shape index (κ1) is 20.9. The molecule has 4 atom stereocenters. The predicted octanol–water partition coefficient (Wildman–Crippen LogP) is 3.44. The van der Waals surface area contributed by atoms with Crippen molar-refractivity contribution >= 4 is 17.7 Å². The minimum absolute atomic E-state index is 0.178. The molecule has 0 spiro atoms. The van der Waals surface area contributed by atoms with Crippen LogP contribution in [0.15, 0.2) is 42.5 Å². The van der Waals surface area contributed by atoms with Gasteiger partial charge in [0.1, 0.15) is 11.9 Å². The number of cyclic esters (lactones) is 1. The molecule has 3 fully saturated rings. The molecule has 32 heavy (non-hydrogen) atoms. The predicted molar refractivity (Wildman–Crippen MR) is 119 cm³/mol. The highest BCUT2D eigenvalue weighted by atomic mass is 19.1. The molecule has 0 bridgehead atoms. The Kier molecular flexibility index (Phi) is 5.37. The average molecular weight is 438 g/mol. The van der Waals surface area contributed by atoms with Crippen molar-refractivity contribution in [3.05, 3.63) is 65.0 Å². The fourth-order valence-corrected chi connectivity index (χ4v) is 5.21. The second-order valence-electron chi connectivity index (χ2n) is 9.29. The summed E-state index contributed by atoms with van der Waals surface area (Å²) in [4.78, 5) is 27.2. The summed E-state index contributed by atoms with van der Waals surface area (Å²) in [6.45, 7) is 6.98. The number of ether oxygens (including phenoxy) is 1. The van der Waals surface area contributed by atoms with Gasteiger partial charge in [-0.2, -0.15) is 0 Å². The lowest BCUT2D eigenvalue weighted by atomic mass is 10.0. The van der Waals surface area contributed by atoms with E-state index in [2.05, 4.69) is 41.4 Å². The number of nitrogens with one attached hydrogen (secondary N) is 1. The Morgan fingerprint density at radius 1 is 1.12 bits per heavy atom. The van der Waals surface area contributed by atoms with Gasteiger partial charge in [-0.05, 0) is 47.9 Å². The highest BCUT2D eigenvalue weighted by molar-refractivity contribution is 5.89. The maximum absolute atomic E-state index is 15.0. The van der Waals surface area contributed by atoms with Crippen LogP contribution in [0.4, 0.5) is 14.9 Å².